The van der Waals surface area contributed by atoms with Gasteiger partial charge in [0.1, 0.15) is 13.2 Å². The van der Waals surface area contributed by atoms with E-state index in [1.165, 1.54) is 180 Å². The highest BCUT2D eigenvalue weighted by Crippen LogP contribution is 2.18. The van der Waals surface area contributed by atoms with Crippen LogP contribution in [0.15, 0.2) is 72.9 Å². The first kappa shape index (κ1) is 75.7. The van der Waals surface area contributed by atoms with Crippen LogP contribution in [0.2, 0.25) is 0 Å². The zero-order chi connectivity index (χ0) is 57.6. The number of allylic oxidation sites excluding steroid dienone is 12. The Morgan fingerprint density at radius 3 is 1.08 bits per heavy atom. The van der Waals surface area contributed by atoms with Crippen molar-refractivity contribution in [2.45, 2.75) is 309 Å². The summed E-state index contributed by atoms with van der Waals surface area (Å²) in [5, 5.41) is 11.8. The van der Waals surface area contributed by atoms with Gasteiger partial charge in [-0.15, -0.1) is 0 Å². The van der Waals surface area contributed by atoms with Gasteiger partial charge in [0.15, 0.2) is 12.4 Å². The Labute approximate surface area is 487 Å². The highest BCUT2D eigenvalue weighted by molar-refractivity contribution is 5.70. The van der Waals surface area contributed by atoms with Crippen molar-refractivity contribution in [3.63, 3.8) is 0 Å². The van der Waals surface area contributed by atoms with Gasteiger partial charge in [-0.1, -0.05) is 292 Å². The first-order chi connectivity index (χ1) is 38.6. The number of carboxylic acids is 1. The monoisotopic (exact) mass is 1110 g/mol. The molecular formula is C70H125NO8. The summed E-state index contributed by atoms with van der Waals surface area (Å²) >= 11 is 0. The van der Waals surface area contributed by atoms with Crippen molar-refractivity contribution in [3.05, 3.63) is 72.9 Å². The number of aliphatic carboxylic acids is 1. The fourth-order valence-electron chi connectivity index (χ4n) is 9.43. The molecule has 0 heterocycles. The molecule has 0 aromatic heterocycles. The lowest BCUT2D eigenvalue weighted by Crippen LogP contribution is -2.44. The van der Waals surface area contributed by atoms with Crippen molar-refractivity contribution < 1.29 is 42.9 Å². The van der Waals surface area contributed by atoms with Crippen LogP contribution < -0.4 is 5.11 Å². The Balaban J connectivity index is 4.16. The highest BCUT2D eigenvalue weighted by atomic mass is 16.7. The number of carbonyl (C=O) groups excluding carboxylic acids is 3. The maximum absolute atomic E-state index is 12.9. The van der Waals surface area contributed by atoms with Crippen LogP contribution in [0.4, 0.5) is 0 Å². The molecular weight excluding hydrogens is 983 g/mol. The van der Waals surface area contributed by atoms with Gasteiger partial charge in [0.25, 0.3) is 0 Å². The summed E-state index contributed by atoms with van der Waals surface area (Å²) in [4.78, 5) is 37.4. The lowest BCUT2D eigenvalue weighted by molar-refractivity contribution is -0.870. The third-order valence-electron chi connectivity index (χ3n) is 14.5. The number of quaternary nitrogens is 1. The molecule has 0 saturated heterocycles. The second-order valence-corrected chi connectivity index (χ2v) is 23.4. The SMILES string of the molecule is CC/C=C\C/C=C\C/C=C\C/C=C\C/C=C\C/C=C\CCCCCCCCCCCCC(=O)OC(COC(=O)CCCCCCCCCCCCCCCCCCCCCCCCCCC)COC(OCC[N+](C)(C)C)C(=O)[O-]. The molecule has 0 saturated carbocycles. The van der Waals surface area contributed by atoms with Gasteiger partial charge in [0.05, 0.1) is 40.3 Å². The topological polar surface area (TPSA) is 111 Å². The molecule has 0 radical (unpaired) electrons. The van der Waals surface area contributed by atoms with Gasteiger partial charge >= 0.3 is 11.9 Å². The van der Waals surface area contributed by atoms with E-state index in [-0.39, 0.29) is 32.2 Å². The van der Waals surface area contributed by atoms with Crippen molar-refractivity contribution in [1.29, 1.82) is 0 Å². The fraction of sp³-hybridized carbons (Fsp3) is 0.786. The predicted octanol–water partition coefficient (Wildman–Crippen LogP) is 18.8. The van der Waals surface area contributed by atoms with E-state index in [1.54, 1.807) is 0 Å². The lowest BCUT2D eigenvalue weighted by Gasteiger charge is -2.26. The standard InChI is InChI=1S/C70H125NO8/c1-6-8-10-12-14-16-18-20-22-24-26-28-30-32-33-34-35-37-39-41-43-45-47-49-51-53-55-57-59-61-68(73)79-66(65-78-70(69(74)75)76-63-62-71(3,4)5)64-77-67(72)60-58-56-54-52-50-48-46-44-42-40-38-36-31-29-27-25-23-21-19-17-15-13-11-9-7-2/h8,10,14,16,20,22,26,28,32-33,35,37,66,70H,6-7,9,11-13,15,17-19,21,23-25,27,29-31,34,36,38-65H2,1-5H3/b10-8-,16-14-,22-20-,28-26-,33-32-,37-35-. The number of carboxylic acid groups (broad SMARTS) is 1. The van der Waals surface area contributed by atoms with Crippen molar-refractivity contribution in [1.82, 2.24) is 0 Å². The molecule has 79 heavy (non-hydrogen) atoms. The van der Waals surface area contributed by atoms with Gasteiger partial charge < -0.3 is 33.3 Å². The minimum Gasteiger partial charge on any atom is -0.545 e. The molecule has 0 aromatic carbocycles. The largest absolute Gasteiger partial charge is 0.545 e. The number of ether oxygens (including phenoxy) is 4. The number of hydrogen-bond donors (Lipinski definition) is 0. The second-order valence-electron chi connectivity index (χ2n) is 23.4. The normalized spacial score (nSPS) is 13.2. The van der Waals surface area contributed by atoms with E-state index in [2.05, 4.69) is 86.8 Å². The van der Waals surface area contributed by atoms with Crippen LogP contribution in [0.25, 0.3) is 0 Å². The average molecular weight is 1110 g/mol. The highest BCUT2D eigenvalue weighted by Gasteiger charge is 2.22. The molecule has 9 heteroatoms. The quantitative estimate of drug-likeness (QED) is 0.0195. The Kier molecular flexibility index (Phi) is 58.3. The molecule has 0 spiro atoms. The van der Waals surface area contributed by atoms with E-state index >= 15 is 0 Å². The van der Waals surface area contributed by atoms with E-state index in [4.69, 9.17) is 18.9 Å². The van der Waals surface area contributed by atoms with E-state index < -0.39 is 24.3 Å². The van der Waals surface area contributed by atoms with Crippen LogP contribution in [-0.4, -0.2) is 82.3 Å². The molecule has 0 amide bonds. The molecule has 0 bridgehead atoms. The molecule has 0 fully saturated rings. The zero-order valence-electron chi connectivity index (χ0n) is 52.2. The molecule has 2 unspecified atom stereocenters. The van der Waals surface area contributed by atoms with Crippen LogP contribution in [-0.2, 0) is 33.3 Å². The lowest BCUT2D eigenvalue weighted by atomic mass is 10.0. The number of hydrogen-bond acceptors (Lipinski definition) is 8. The molecule has 0 aliphatic rings. The summed E-state index contributed by atoms with van der Waals surface area (Å²) in [6.07, 6.45) is 76.8. The Morgan fingerprint density at radius 2 is 0.722 bits per heavy atom. The van der Waals surface area contributed by atoms with Crippen molar-refractivity contribution in [2.24, 2.45) is 0 Å². The molecule has 0 aromatic rings. The van der Waals surface area contributed by atoms with Crippen LogP contribution in [0.1, 0.15) is 296 Å². The third kappa shape index (κ3) is 62.2. The van der Waals surface area contributed by atoms with E-state index in [0.717, 1.165) is 83.5 Å². The van der Waals surface area contributed by atoms with Crippen molar-refractivity contribution in [2.75, 3.05) is 47.5 Å². The number of nitrogens with zero attached hydrogens (tertiary/aromatic N) is 1. The Bertz CT molecular complexity index is 1520. The van der Waals surface area contributed by atoms with Gasteiger partial charge in [0.2, 0.25) is 0 Å². The summed E-state index contributed by atoms with van der Waals surface area (Å²) in [5.74, 6) is -2.28. The summed E-state index contributed by atoms with van der Waals surface area (Å²) in [7, 11) is 5.93. The van der Waals surface area contributed by atoms with Crippen LogP contribution in [0, 0.1) is 0 Å². The van der Waals surface area contributed by atoms with Gasteiger partial charge in [-0.25, -0.2) is 0 Å². The Morgan fingerprint density at radius 1 is 0.392 bits per heavy atom. The first-order valence-electron chi connectivity index (χ1n) is 33.1. The Hall–Kier alpha value is -3.27. The number of carbonyl (C=O) groups is 3. The summed E-state index contributed by atoms with van der Waals surface area (Å²) in [6, 6.07) is 0. The maximum atomic E-state index is 12.9. The molecule has 9 nitrogen and oxygen atoms in total. The van der Waals surface area contributed by atoms with Crippen molar-refractivity contribution >= 4 is 17.9 Å². The van der Waals surface area contributed by atoms with E-state index in [9.17, 15) is 19.5 Å². The molecule has 0 aliphatic carbocycles. The summed E-state index contributed by atoms with van der Waals surface area (Å²) in [5.41, 5.74) is 0. The predicted molar refractivity (Wildman–Crippen MR) is 334 cm³/mol. The third-order valence-corrected chi connectivity index (χ3v) is 14.5. The number of esters is 2. The number of rotatable bonds is 61. The van der Waals surface area contributed by atoms with Crippen LogP contribution >= 0.6 is 0 Å². The molecule has 458 valence electrons. The number of unbranched alkanes of at least 4 members (excludes halogenated alkanes) is 34. The molecule has 0 rings (SSSR count). The van der Waals surface area contributed by atoms with Gasteiger partial charge in [-0.3, -0.25) is 9.59 Å². The average Bonchev–Trinajstić information content (AvgIpc) is 3.42. The van der Waals surface area contributed by atoms with Crippen molar-refractivity contribution in [3.8, 4) is 0 Å². The summed E-state index contributed by atoms with van der Waals surface area (Å²) in [6.45, 7) is 4.67. The molecule has 0 N–H and O–H groups in total. The van der Waals surface area contributed by atoms with E-state index in [1.807, 2.05) is 21.1 Å². The van der Waals surface area contributed by atoms with Gasteiger partial charge in [0, 0.05) is 12.8 Å². The minimum atomic E-state index is -1.62. The summed E-state index contributed by atoms with van der Waals surface area (Å²) < 4.78 is 22.8. The van der Waals surface area contributed by atoms with Crippen LogP contribution in [0.5, 0.6) is 0 Å². The smallest absolute Gasteiger partial charge is 0.306 e. The maximum Gasteiger partial charge on any atom is 0.306 e. The van der Waals surface area contributed by atoms with E-state index in [0.29, 0.717) is 23.9 Å². The first-order valence-corrected chi connectivity index (χ1v) is 33.1. The van der Waals surface area contributed by atoms with Gasteiger partial charge in [-0.05, 0) is 64.2 Å². The zero-order valence-corrected chi connectivity index (χ0v) is 52.2. The second kappa shape index (κ2) is 60.8. The van der Waals surface area contributed by atoms with Crippen LogP contribution in [0.3, 0.4) is 0 Å². The minimum absolute atomic E-state index is 0.146. The molecule has 2 atom stereocenters. The van der Waals surface area contributed by atoms with Gasteiger partial charge in [-0.2, -0.15) is 0 Å². The number of likely N-dealkylation sites (N-methyl/N-ethyl adjacent to an activating group) is 1. The molecule has 0 aliphatic heterocycles. The fourth-order valence-corrected chi connectivity index (χ4v) is 9.43.